The van der Waals surface area contributed by atoms with Crippen molar-refractivity contribution in [1.82, 2.24) is 4.90 Å². The van der Waals surface area contributed by atoms with Crippen LogP contribution in [-0.2, 0) is 4.79 Å². The zero-order chi connectivity index (χ0) is 18.5. The van der Waals surface area contributed by atoms with Crippen molar-refractivity contribution in [3.8, 4) is 0 Å². The molecule has 1 fully saturated rings. The molecule has 3 rings (SSSR count). The molecular formula is C21H22N2O3. The number of likely N-dealkylation sites (tertiary alicyclic amines) is 1. The monoisotopic (exact) mass is 350 g/mol. The Labute approximate surface area is 153 Å². The summed E-state index contributed by atoms with van der Waals surface area (Å²) in [5.74, 6) is -0.0415. The maximum Gasteiger partial charge on any atom is 0.253 e. The van der Waals surface area contributed by atoms with E-state index in [1.807, 2.05) is 30.3 Å². The second-order valence-electron chi connectivity index (χ2n) is 6.56. The fourth-order valence-electron chi connectivity index (χ4n) is 3.26. The topological polar surface area (TPSA) is 66.5 Å². The van der Waals surface area contributed by atoms with E-state index in [1.165, 1.54) is 6.92 Å². The van der Waals surface area contributed by atoms with E-state index < -0.39 is 0 Å². The van der Waals surface area contributed by atoms with Crippen LogP contribution < -0.4 is 5.32 Å². The Hall–Kier alpha value is -2.95. The Morgan fingerprint density at radius 3 is 2.08 bits per heavy atom. The summed E-state index contributed by atoms with van der Waals surface area (Å²) in [6.07, 6.45) is 1.37. The average molecular weight is 350 g/mol. The lowest BCUT2D eigenvalue weighted by Crippen LogP contribution is -2.40. The van der Waals surface area contributed by atoms with Crippen LogP contribution in [0, 0.1) is 5.92 Å². The lowest BCUT2D eigenvalue weighted by molar-refractivity contribution is -0.114. The fourth-order valence-corrected chi connectivity index (χ4v) is 3.26. The number of nitrogens with one attached hydrogen (secondary N) is 1. The highest BCUT2D eigenvalue weighted by molar-refractivity contribution is 5.98. The number of nitrogens with zero attached hydrogens (tertiary/aromatic N) is 1. The summed E-state index contributed by atoms with van der Waals surface area (Å²) in [7, 11) is 0. The third kappa shape index (κ3) is 4.17. The maximum atomic E-state index is 12.6. The van der Waals surface area contributed by atoms with E-state index in [0.29, 0.717) is 37.2 Å². The van der Waals surface area contributed by atoms with Gasteiger partial charge in [-0.1, -0.05) is 30.3 Å². The number of ketones is 1. The van der Waals surface area contributed by atoms with Crippen LogP contribution in [-0.4, -0.2) is 35.6 Å². The van der Waals surface area contributed by atoms with Crippen LogP contribution in [0.5, 0.6) is 0 Å². The van der Waals surface area contributed by atoms with Crippen LogP contribution in [0.1, 0.15) is 40.5 Å². The minimum absolute atomic E-state index is 0.0245. The molecule has 1 aliphatic heterocycles. The summed E-state index contributed by atoms with van der Waals surface area (Å²) in [6.45, 7) is 2.60. The van der Waals surface area contributed by atoms with Crippen molar-refractivity contribution in [3.05, 3.63) is 65.7 Å². The number of amides is 2. The second kappa shape index (κ2) is 7.95. The first-order valence-corrected chi connectivity index (χ1v) is 8.81. The SMILES string of the molecule is CC(=O)Nc1ccc(C(=O)N2CCC(C(=O)c3ccccc3)CC2)cc1. The molecule has 5 heteroatoms. The number of carbonyl (C=O) groups excluding carboxylic acids is 3. The molecule has 0 radical (unpaired) electrons. The van der Waals surface area contributed by atoms with E-state index in [9.17, 15) is 14.4 Å². The number of anilines is 1. The van der Waals surface area contributed by atoms with Crippen LogP contribution in [0.15, 0.2) is 54.6 Å². The van der Waals surface area contributed by atoms with Gasteiger partial charge >= 0.3 is 0 Å². The van der Waals surface area contributed by atoms with Crippen molar-refractivity contribution in [2.45, 2.75) is 19.8 Å². The number of rotatable bonds is 4. The van der Waals surface area contributed by atoms with Crippen molar-refractivity contribution >= 4 is 23.3 Å². The molecule has 26 heavy (non-hydrogen) atoms. The molecule has 1 saturated heterocycles. The average Bonchev–Trinajstić information content (AvgIpc) is 2.68. The first-order chi connectivity index (χ1) is 12.5. The molecular weight excluding hydrogens is 328 g/mol. The lowest BCUT2D eigenvalue weighted by Gasteiger charge is -2.31. The van der Waals surface area contributed by atoms with Crippen LogP contribution in [0.2, 0.25) is 0 Å². The van der Waals surface area contributed by atoms with Crippen LogP contribution >= 0.6 is 0 Å². The summed E-state index contributed by atoms with van der Waals surface area (Å²) in [4.78, 5) is 38.0. The van der Waals surface area contributed by atoms with Crippen molar-refractivity contribution in [2.75, 3.05) is 18.4 Å². The molecule has 1 aliphatic rings. The van der Waals surface area contributed by atoms with E-state index in [1.54, 1.807) is 29.2 Å². The Bertz CT molecular complexity index is 792. The number of Topliss-reactive ketones (excluding diaryl/α,β-unsaturated/α-hetero) is 1. The Balaban J connectivity index is 1.58. The summed E-state index contributed by atoms with van der Waals surface area (Å²) < 4.78 is 0. The van der Waals surface area contributed by atoms with Crippen LogP contribution in [0.25, 0.3) is 0 Å². The molecule has 0 saturated carbocycles. The number of hydrogen-bond donors (Lipinski definition) is 1. The van der Waals surface area contributed by atoms with Gasteiger partial charge in [0.15, 0.2) is 5.78 Å². The standard InChI is InChI=1S/C21H22N2O3/c1-15(24)22-19-9-7-18(8-10-19)21(26)23-13-11-17(12-14-23)20(25)16-5-3-2-4-6-16/h2-10,17H,11-14H2,1H3,(H,22,24). The van der Waals surface area contributed by atoms with Gasteiger partial charge in [-0.15, -0.1) is 0 Å². The second-order valence-corrected chi connectivity index (χ2v) is 6.56. The molecule has 5 nitrogen and oxygen atoms in total. The van der Waals surface area contributed by atoms with E-state index in [2.05, 4.69) is 5.32 Å². The van der Waals surface area contributed by atoms with Crippen molar-refractivity contribution in [3.63, 3.8) is 0 Å². The number of hydrogen-bond acceptors (Lipinski definition) is 3. The van der Waals surface area contributed by atoms with Crippen LogP contribution in [0.4, 0.5) is 5.69 Å². The Kier molecular flexibility index (Phi) is 5.46. The first kappa shape index (κ1) is 17.9. The molecule has 2 aromatic rings. The van der Waals surface area contributed by atoms with E-state index >= 15 is 0 Å². The Morgan fingerprint density at radius 1 is 0.885 bits per heavy atom. The van der Waals surface area contributed by atoms with Crippen LogP contribution in [0.3, 0.4) is 0 Å². The number of benzene rings is 2. The molecule has 0 atom stereocenters. The lowest BCUT2D eigenvalue weighted by atomic mass is 9.88. The molecule has 1 N–H and O–H groups in total. The van der Waals surface area contributed by atoms with Gasteiger partial charge in [0.05, 0.1) is 0 Å². The molecule has 0 unspecified atom stereocenters. The molecule has 2 aromatic carbocycles. The van der Waals surface area contributed by atoms with Gasteiger partial charge in [-0.05, 0) is 37.1 Å². The maximum absolute atomic E-state index is 12.6. The predicted octanol–water partition coefficient (Wildman–Crippen LogP) is 3.38. The van der Waals surface area contributed by atoms with Gasteiger partial charge in [-0.3, -0.25) is 14.4 Å². The first-order valence-electron chi connectivity index (χ1n) is 8.81. The highest BCUT2D eigenvalue weighted by atomic mass is 16.2. The van der Waals surface area contributed by atoms with Gasteiger partial charge in [0, 0.05) is 42.7 Å². The van der Waals surface area contributed by atoms with Gasteiger partial charge in [0.2, 0.25) is 5.91 Å². The van der Waals surface area contributed by atoms with E-state index in [0.717, 1.165) is 5.56 Å². The van der Waals surface area contributed by atoms with Gasteiger partial charge in [-0.2, -0.15) is 0 Å². The quantitative estimate of drug-likeness (QED) is 0.860. The summed E-state index contributed by atoms with van der Waals surface area (Å²) in [5, 5.41) is 2.68. The largest absolute Gasteiger partial charge is 0.339 e. The molecule has 0 bridgehead atoms. The third-order valence-electron chi connectivity index (χ3n) is 4.66. The normalized spacial score (nSPS) is 14.7. The molecule has 1 heterocycles. The fraction of sp³-hybridized carbons (Fsp3) is 0.286. The predicted molar refractivity (Wildman–Crippen MR) is 100 cm³/mol. The molecule has 0 aliphatic carbocycles. The highest BCUT2D eigenvalue weighted by Crippen LogP contribution is 2.23. The van der Waals surface area contributed by atoms with Gasteiger partial charge in [-0.25, -0.2) is 0 Å². The smallest absolute Gasteiger partial charge is 0.253 e. The molecule has 0 aromatic heterocycles. The molecule has 0 spiro atoms. The number of piperidine rings is 1. The van der Waals surface area contributed by atoms with Gasteiger partial charge < -0.3 is 10.2 Å². The van der Waals surface area contributed by atoms with Crippen molar-refractivity contribution < 1.29 is 14.4 Å². The zero-order valence-corrected chi connectivity index (χ0v) is 14.8. The number of carbonyl (C=O) groups is 3. The van der Waals surface area contributed by atoms with Gasteiger partial charge in [0.25, 0.3) is 5.91 Å². The highest BCUT2D eigenvalue weighted by Gasteiger charge is 2.28. The minimum atomic E-state index is -0.144. The molecule has 134 valence electrons. The van der Waals surface area contributed by atoms with E-state index in [4.69, 9.17) is 0 Å². The van der Waals surface area contributed by atoms with E-state index in [-0.39, 0.29) is 23.5 Å². The third-order valence-corrected chi connectivity index (χ3v) is 4.66. The van der Waals surface area contributed by atoms with Crippen molar-refractivity contribution in [1.29, 1.82) is 0 Å². The summed E-state index contributed by atoms with van der Waals surface area (Å²) in [5.41, 5.74) is 2.00. The zero-order valence-electron chi connectivity index (χ0n) is 14.8. The van der Waals surface area contributed by atoms with Gasteiger partial charge in [0.1, 0.15) is 0 Å². The van der Waals surface area contributed by atoms with Crippen molar-refractivity contribution in [2.24, 2.45) is 5.92 Å². The molecule has 2 amide bonds. The summed E-state index contributed by atoms with van der Waals surface area (Å²) >= 11 is 0. The Morgan fingerprint density at radius 2 is 1.50 bits per heavy atom. The summed E-state index contributed by atoms with van der Waals surface area (Å²) in [6, 6.07) is 16.2. The minimum Gasteiger partial charge on any atom is -0.339 e.